The van der Waals surface area contributed by atoms with Crippen molar-refractivity contribution in [1.82, 2.24) is 19.9 Å². The summed E-state index contributed by atoms with van der Waals surface area (Å²) in [5.74, 6) is 0.437. The number of halogens is 1. The number of likely N-dealkylation sites (N-methyl/N-ethyl adjacent to an activating group) is 1. The molecule has 1 saturated carbocycles. The fraction of sp³-hybridized carbons (Fsp3) is 0.333. The lowest BCUT2D eigenvalue weighted by atomic mass is 9.98. The topological polar surface area (TPSA) is 105 Å². The number of amidine groups is 1. The molecule has 0 amide bonds. The second-order valence-electron chi connectivity index (χ2n) is 10.1. The highest BCUT2D eigenvalue weighted by atomic mass is 35.5. The molecule has 1 aliphatic rings. The van der Waals surface area contributed by atoms with Crippen LogP contribution in [0.25, 0.3) is 33.5 Å². The van der Waals surface area contributed by atoms with E-state index in [0.717, 1.165) is 47.2 Å². The normalized spacial score (nSPS) is 15.0. The molecule has 0 radical (unpaired) electrons. The van der Waals surface area contributed by atoms with Gasteiger partial charge in [-0.3, -0.25) is 4.99 Å². The Hall–Kier alpha value is -3.75. The van der Waals surface area contributed by atoms with Crippen LogP contribution < -0.4 is 10.5 Å². The van der Waals surface area contributed by atoms with Crippen LogP contribution in [-0.2, 0) is 0 Å². The maximum atomic E-state index is 6.62. The van der Waals surface area contributed by atoms with E-state index in [1.807, 2.05) is 56.6 Å². The molecule has 1 fully saturated rings. The summed E-state index contributed by atoms with van der Waals surface area (Å²) in [7, 11) is 4.02. The number of nitrogens with zero attached hydrogens (tertiary/aromatic N) is 5. The maximum absolute atomic E-state index is 6.62. The molecule has 0 aliphatic heterocycles. The van der Waals surface area contributed by atoms with Gasteiger partial charge < -0.3 is 20.4 Å². The first-order valence-corrected chi connectivity index (χ1v) is 13.7. The molecule has 39 heavy (non-hydrogen) atoms. The summed E-state index contributed by atoms with van der Waals surface area (Å²) < 4.78 is 6.08. The fourth-order valence-corrected chi connectivity index (χ4v) is 4.90. The van der Waals surface area contributed by atoms with Crippen molar-refractivity contribution in [2.45, 2.75) is 38.2 Å². The number of benzene rings is 2. The third kappa shape index (κ3) is 6.82. The van der Waals surface area contributed by atoms with Crippen LogP contribution in [0.2, 0.25) is 5.02 Å². The number of nitrogens with two attached hydrogens (primary N) is 1. The van der Waals surface area contributed by atoms with Gasteiger partial charge >= 0.3 is 0 Å². The van der Waals surface area contributed by atoms with E-state index >= 15 is 0 Å². The summed E-state index contributed by atoms with van der Waals surface area (Å²) >= 11 is 6.62. The predicted octanol–water partition coefficient (Wildman–Crippen LogP) is 5.95. The number of aromatic nitrogens is 3. The van der Waals surface area contributed by atoms with E-state index < -0.39 is 0 Å². The van der Waals surface area contributed by atoms with Crippen molar-refractivity contribution in [2.24, 2.45) is 15.7 Å². The number of aliphatic imine (C=N–C) groups is 2. The zero-order chi connectivity index (χ0) is 27.2. The predicted molar refractivity (Wildman–Crippen MR) is 160 cm³/mol. The summed E-state index contributed by atoms with van der Waals surface area (Å²) in [6.07, 6.45) is 7.56. The molecule has 2 aromatic heterocycles. The second kappa shape index (κ2) is 12.4. The summed E-state index contributed by atoms with van der Waals surface area (Å²) in [5, 5.41) is 0.562. The largest absolute Gasteiger partial charge is 0.461 e. The third-order valence-corrected chi connectivity index (χ3v) is 7.15. The summed E-state index contributed by atoms with van der Waals surface area (Å²) in [5.41, 5.74) is 12.1. The number of hydrogen-bond acceptors (Lipinski definition) is 5. The summed E-state index contributed by atoms with van der Waals surface area (Å²) in [6.45, 7) is 1.56. The van der Waals surface area contributed by atoms with Crippen LogP contribution in [0.15, 0.2) is 64.6 Å². The van der Waals surface area contributed by atoms with Crippen molar-refractivity contribution in [2.75, 3.05) is 27.2 Å². The highest BCUT2D eigenvalue weighted by Crippen LogP contribution is 2.32. The molecular formula is C30H34ClN7O. The average molecular weight is 544 g/mol. The van der Waals surface area contributed by atoms with Crippen molar-refractivity contribution in [3.63, 3.8) is 0 Å². The number of imidazole rings is 1. The van der Waals surface area contributed by atoms with E-state index in [-0.39, 0.29) is 6.10 Å². The zero-order valence-electron chi connectivity index (χ0n) is 22.4. The minimum Gasteiger partial charge on any atom is -0.461 e. The molecular weight excluding hydrogens is 510 g/mol. The number of fused-ring (bicyclic) bond motifs is 1. The first-order chi connectivity index (χ1) is 19.0. The molecule has 0 saturated heterocycles. The van der Waals surface area contributed by atoms with Gasteiger partial charge in [-0.25, -0.2) is 9.98 Å². The highest BCUT2D eigenvalue weighted by molar-refractivity contribution is 6.33. The van der Waals surface area contributed by atoms with Gasteiger partial charge in [-0.2, -0.15) is 4.98 Å². The summed E-state index contributed by atoms with van der Waals surface area (Å²) in [6, 6.07) is 18.5. The first kappa shape index (κ1) is 26.8. The van der Waals surface area contributed by atoms with Crippen LogP contribution >= 0.6 is 11.6 Å². The molecule has 1 aliphatic carbocycles. The Morgan fingerprint density at radius 3 is 2.38 bits per heavy atom. The minimum absolute atomic E-state index is 0.214. The van der Waals surface area contributed by atoms with Crippen molar-refractivity contribution < 1.29 is 4.74 Å². The number of H-pyrrole nitrogens is 1. The number of ether oxygens (including phenoxy) is 1. The molecule has 2 aromatic carbocycles. The number of aromatic amines is 1. The van der Waals surface area contributed by atoms with Crippen molar-refractivity contribution >= 4 is 34.9 Å². The molecule has 0 bridgehead atoms. The van der Waals surface area contributed by atoms with Gasteiger partial charge in [0.1, 0.15) is 18.3 Å². The molecule has 0 unspecified atom stereocenters. The molecule has 5 rings (SSSR count). The Bertz CT molecular complexity index is 1450. The highest BCUT2D eigenvalue weighted by Gasteiger charge is 2.18. The smallest absolute Gasteiger partial charge is 0.296 e. The van der Waals surface area contributed by atoms with Gasteiger partial charge in [0.25, 0.3) is 6.01 Å². The fourth-order valence-electron chi connectivity index (χ4n) is 4.64. The van der Waals surface area contributed by atoms with Crippen LogP contribution in [0.1, 0.15) is 37.7 Å². The molecule has 0 spiro atoms. The quantitative estimate of drug-likeness (QED) is 0.200. The molecule has 9 heteroatoms. The van der Waals surface area contributed by atoms with Crippen LogP contribution in [0.4, 0.5) is 0 Å². The maximum Gasteiger partial charge on any atom is 0.296 e. The van der Waals surface area contributed by atoms with Crippen molar-refractivity contribution in [3.8, 4) is 28.4 Å². The molecule has 4 aromatic rings. The van der Waals surface area contributed by atoms with E-state index in [4.69, 9.17) is 27.1 Å². The standard InChI is InChI=1S/C30H34ClN7O/c1-38(2)17-16-33-19-34-28(32)23-14-10-21(11-15-23)20-8-12-22(13-9-20)27-25(31)18-26-29(36-27)37-30(35-26)39-24-6-4-3-5-7-24/h8-15,18-19,24H,3-7,16-17H2,1-2H3,(H2,32,33,34)(H,35,36,37). The van der Waals surface area contributed by atoms with E-state index in [9.17, 15) is 0 Å². The number of rotatable bonds is 9. The van der Waals surface area contributed by atoms with E-state index in [2.05, 4.69) is 37.0 Å². The lowest BCUT2D eigenvalue weighted by Crippen LogP contribution is -2.20. The van der Waals surface area contributed by atoms with E-state index in [1.165, 1.54) is 25.6 Å². The van der Waals surface area contributed by atoms with Gasteiger partial charge in [-0.1, -0.05) is 66.6 Å². The van der Waals surface area contributed by atoms with Crippen LogP contribution in [0.3, 0.4) is 0 Å². The lowest BCUT2D eigenvalue weighted by Gasteiger charge is -2.21. The molecule has 0 atom stereocenters. The van der Waals surface area contributed by atoms with Gasteiger partial charge in [-0.15, -0.1) is 0 Å². The molecule has 8 nitrogen and oxygen atoms in total. The minimum atomic E-state index is 0.214. The van der Waals surface area contributed by atoms with Gasteiger partial charge in [0.15, 0.2) is 5.65 Å². The zero-order valence-corrected chi connectivity index (χ0v) is 23.2. The van der Waals surface area contributed by atoms with Crippen LogP contribution in [0.5, 0.6) is 6.01 Å². The Morgan fingerprint density at radius 2 is 1.69 bits per heavy atom. The third-order valence-electron chi connectivity index (χ3n) is 6.86. The Kier molecular flexibility index (Phi) is 8.54. The number of pyridine rings is 1. The number of hydrogen-bond donors (Lipinski definition) is 2. The second-order valence-corrected chi connectivity index (χ2v) is 10.5. The molecule has 2 heterocycles. The Balaban J connectivity index is 1.27. The first-order valence-electron chi connectivity index (χ1n) is 13.4. The lowest BCUT2D eigenvalue weighted by molar-refractivity contribution is 0.143. The SMILES string of the molecule is CN(C)CCN=CN=C(N)c1ccc(-c2ccc(-c3nc4nc(OC5CCCCC5)[nH]c4cc3Cl)cc2)cc1. The Morgan fingerprint density at radius 1 is 1.03 bits per heavy atom. The molecule has 3 N–H and O–H groups in total. The van der Waals surface area contributed by atoms with E-state index in [0.29, 0.717) is 34.8 Å². The van der Waals surface area contributed by atoms with Gasteiger partial charge in [0, 0.05) is 17.7 Å². The van der Waals surface area contributed by atoms with Gasteiger partial charge in [0.2, 0.25) is 0 Å². The monoisotopic (exact) mass is 543 g/mol. The Labute approximate surface area is 234 Å². The van der Waals surface area contributed by atoms with Crippen LogP contribution in [-0.4, -0.2) is 65.3 Å². The van der Waals surface area contributed by atoms with Gasteiger partial charge in [0.05, 0.1) is 22.8 Å². The van der Waals surface area contributed by atoms with Crippen LogP contribution in [0, 0.1) is 0 Å². The number of nitrogens with one attached hydrogen (secondary N) is 1. The summed E-state index contributed by atoms with van der Waals surface area (Å²) in [4.78, 5) is 23.1. The van der Waals surface area contributed by atoms with Gasteiger partial charge in [-0.05, 0) is 57.0 Å². The van der Waals surface area contributed by atoms with Crippen molar-refractivity contribution in [3.05, 3.63) is 65.2 Å². The van der Waals surface area contributed by atoms with Crippen molar-refractivity contribution in [1.29, 1.82) is 0 Å². The average Bonchev–Trinajstić information content (AvgIpc) is 3.33. The molecule has 202 valence electrons. The van der Waals surface area contributed by atoms with E-state index in [1.54, 1.807) is 0 Å².